The first kappa shape index (κ1) is 19.8. The van der Waals surface area contributed by atoms with Crippen LogP contribution in [0.4, 0.5) is 0 Å². The minimum absolute atomic E-state index is 0.0899. The fourth-order valence-electron chi connectivity index (χ4n) is 4.27. The van der Waals surface area contributed by atoms with Crippen LogP contribution < -0.4 is 9.47 Å². The second-order valence-corrected chi connectivity index (χ2v) is 8.68. The van der Waals surface area contributed by atoms with Crippen molar-refractivity contribution in [1.82, 2.24) is 4.90 Å². The van der Waals surface area contributed by atoms with Crippen molar-refractivity contribution in [1.29, 1.82) is 0 Å². The third-order valence-electron chi connectivity index (χ3n) is 6.43. The molecule has 0 radical (unpaired) electrons. The number of aliphatic carboxylic acids is 1. The smallest absolute Gasteiger partial charge is 0.309 e. The first-order valence-electron chi connectivity index (χ1n) is 10.4. The van der Waals surface area contributed by atoms with Crippen molar-refractivity contribution in [2.45, 2.75) is 39.3 Å². The highest BCUT2D eigenvalue weighted by Gasteiger charge is 2.38. The first-order valence-corrected chi connectivity index (χ1v) is 10.4. The number of carboxylic acids is 1. The monoisotopic (exact) mass is 395 g/mol. The van der Waals surface area contributed by atoms with Gasteiger partial charge in [0.05, 0.1) is 5.41 Å². The number of nitrogens with zero attached hydrogens (tertiary/aromatic N) is 1. The molecule has 0 amide bonds. The minimum Gasteiger partial charge on any atom is -0.485 e. The van der Waals surface area contributed by atoms with Crippen molar-refractivity contribution in [3.63, 3.8) is 0 Å². The molecule has 0 aliphatic carbocycles. The van der Waals surface area contributed by atoms with E-state index in [2.05, 4.69) is 29.2 Å². The number of piperidine rings is 1. The van der Waals surface area contributed by atoms with Crippen molar-refractivity contribution in [2.75, 3.05) is 19.7 Å². The van der Waals surface area contributed by atoms with E-state index < -0.39 is 11.4 Å². The Bertz CT molecular complexity index is 853. The molecule has 2 aromatic carbocycles. The van der Waals surface area contributed by atoms with E-state index in [1.165, 1.54) is 5.56 Å². The Kier molecular flexibility index (Phi) is 5.50. The molecule has 1 atom stereocenters. The van der Waals surface area contributed by atoms with E-state index in [4.69, 9.17) is 9.47 Å². The zero-order valence-corrected chi connectivity index (χ0v) is 17.1. The SMILES string of the molecule is CC(C)(C(=O)O)C1CCN(Cc2ccc([C@H]3COc4ccccc4O3)cc2)CC1. The van der Waals surface area contributed by atoms with Crippen molar-refractivity contribution in [2.24, 2.45) is 11.3 Å². The predicted octanol–water partition coefficient (Wildman–Crippen LogP) is 4.52. The van der Waals surface area contributed by atoms with Crippen LogP contribution >= 0.6 is 0 Å². The molecule has 1 saturated heterocycles. The predicted molar refractivity (Wildman–Crippen MR) is 111 cm³/mol. The molecule has 5 nitrogen and oxygen atoms in total. The highest BCUT2D eigenvalue weighted by molar-refractivity contribution is 5.74. The zero-order valence-electron chi connectivity index (χ0n) is 17.1. The van der Waals surface area contributed by atoms with E-state index in [1.54, 1.807) is 0 Å². The van der Waals surface area contributed by atoms with Crippen molar-refractivity contribution < 1.29 is 19.4 Å². The largest absolute Gasteiger partial charge is 0.485 e. The van der Waals surface area contributed by atoms with Crippen LogP contribution in [0.5, 0.6) is 11.5 Å². The van der Waals surface area contributed by atoms with Gasteiger partial charge in [-0.3, -0.25) is 9.69 Å². The van der Waals surface area contributed by atoms with E-state index in [-0.39, 0.29) is 12.0 Å². The second-order valence-electron chi connectivity index (χ2n) is 8.68. The number of ether oxygens (including phenoxy) is 2. The fraction of sp³-hybridized carbons (Fsp3) is 0.458. The summed E-state index contributed by atoms with van der Waals surface area (Å²) >= 11 is 0. The molecule has 2 aliphatic heterocycles. The number of rotatable bonds is 5. The van der Waals surface area contributed by atoms with Gasteiger partial charge in [0.25, 0.3) is 0 Å². The van der Waals surface area contributed by atoms with Gasteiger partial charge in [-0.25, -0.2) is 0 Å². The molecule has 0 aromatic heterocycles. The lowest BCUT2D eigenvalue weighted by Gasteiger charge is -2.38. The van der Waals surface area contributed by atoms with Crippen LogP contribution in [-0.2, 0) is 11.3 Å². The van der Waals surface area contributed by atoms with E-state index in [0.717, 1.165) is 49.5 Å². The van der Waals surface area contributed by atoms with Crippen LogP contribution in [0.3, 0.4) is 0 Å². The standard InChI is InChI=1S/C24H29NO4/c1-24(2,23(26)27)19-11-13-25(14-12-19)15-17-7-9-18(10-8-17)22-16-28-20-5-3-4-6-21(20)29-22/h3-10,19,22H,11-16H2,1-2H3,(H,26,27)/t22-/m1/s1. The number of benzene rings is 2. The summed E-state index contributed by atoms with van der Waals surface area (Å²) in [6, 6.07) is 16.3. The molecule has 0 bridgehead atoms. The Hall–Kier alpha value is -2.53. The average Bonchev–Trinajstić information content (AvgIpc) is 2.74. The van der Waals surface area contributed by atoms with Crippen LogP contribution in [0.15, 0.2) is 48.5 Å². The summed E-state index contributed by atoms with van der Waals surface area (Å²) in [5.74, 6) is 1.14. The lowest BCUT2D eigenvalue weighted by molar-refractivity contribution is -0.151. The molecule has 2 aliphatic rings. The second kappa shape index (κ2) is 8.07. The third kappa shape index (κ3) is 4.25. The molecule has 2 aromatic rings. The highest BCUT2D eigenvalue weighted by atomic mass is 16.6. The average molecular weight is 395 g/mol. The molecule has 0 saturated carbocycles. The van der Waals surface area contributed by atoms with Gasteiger partial charge in [-0.2, -0.15) is 0 Å². The lowest BCUT2D eigenvalue weighted by atomic mass is 9.74. The first-order chi connectivity index (χ1) is 13.9. The summed E-state index contributed by atoms with van der Waals surface area (Å²) < 4.78 is 11.9. The van der Waals surface area contributed by atoms with Gasteiger partial charge >= 0.3 is 5.97 Å². The van der Waals surface area contributed by atoms with Crippen molar-refractivity contribution in [3.8, 4) is 11.5 Å². The highest BCUT2D eigenvalue weighted by Crippen LogP contribution is 2.37. The third-order valence-corrected chi connectivity index (χ3v) is 6.43. The van der Waals surface area contributed by atoms with Crippen molar-refractivity contribution in [3.05, 3.63) is 59.7 Å². The molecule has 4 rings (SSSR count). The molecule has 5 heteroatoms. The summed E-state index contributed by atoms with van der Waals surface area (Å²) in [6.07, 6.45) is 1.78. The van der Waals surface area contributed by atoms with Crippen LogP contribution in [-0.4, -0.2) is 35.7 Å². The summed E-state index contributed by atoms with van der Waals surface area (Å²) in [4.78, 5) is 13.9. The molecular formula is C24H29NO4. The van der Waals surface area contributed by atoms with Crippen molar-refractivity contribution >= 4 is 5.97 Å². The quantitative estimate of drug-likeness (QED) is 0.806. The molecule has 154 valence electrons. The van der Waals surface area contributed by atoms with Gasteiger partial charge in [0.15, 0.2) is 17.6 Å². The van der Waals surface area contributed by atoms with Gasteiger partial charge in [-0.15, -0.1) is 0 Å². The van der Waals surface area contributed by atoms with Gasteiger partial charge in [0.1, 0.15) is 6.61 Å². The minimum atomic E-state index is -0.692. The van der Waals surface area contributed by atoms with Crippen LogP contribution in [0.25, 0.3) is 0 Å². The number of fused-ring (bicyclic) bond motifs is 1. The van der Waals surface area contributed by atoms with Crippen LogP contribution in [0.1, 0.15) is 43.9 Å². The summed E-state index contributed by atoms with van der Waals surface area (Å²) in [6.45, 7) is 7.00. The molecule has 1 fully saturated rings. The molecule has 0 spiro atoms. The van der Waals surface area contributed by atoms with Crippen LogP contribution in [0.2, 0.25) is 0 Å². The Morgan fingerprint density at radius 1 is 1.07 bits per heavy atom. The summed E-state index contributed by atoms with van der Waals surface area (Å²) in [7, 11) is 0. The Labute approximate surface area is 172 Å². The van der Waals surface area contributed by atoms with E-state index >= 15 is 0 Å². The van der Waals surface area contributed by atoms with Gasteiger partial charge < -0.3 is 14.6 Å². The number of hydrogen-bond donors (Lipinski definition) is 1. The lowest BCUT2D eigenvalue weighted by Crippen LogP contribution is -2.41. The molecule has 0 unspecified atom stereocenters. The maximum Gasteiger partial charge on any atom is 0.309 e. The zero-order chi connectivity index (χ0) is 20.4. The van der Waals surface area contributed by atoms with E-state index in [1.807, 2.05) is 38.1 Å². The van der Waals surface area contributed by atoms with Gasteiger partial charge in [-0.05, 0) is 69.0 Å². The molecule has 1 N–H and O–H groups in total. The Balaban J connectivity index is 1.32. The molecule has 29 heavy (non-hydrogen) atoms. The van der Waals surface area contributed by atoms with Gasteiger partial charge in [-0.1, -0.05) is 36.4 Å². The maximum atomic E-state index is 11.5. The van der Waals surface area contributed by atoms with Gasteiger partial charge in [0, 0.05) is 6.54 Å². The number of likely N-dealkylation sites (tertiary alicyclic amines) is 1. The normalized spacial score (nSPS) is 20.4. The Morgan fingerprint density at radius 2 is 1.72 bits per heavy atom. The number of carbonyl (C=O) groups is 1. The number of hydrogen-bond acceptors (Lipinski definition) is 4. The molecular weight excluding hydrogens is 366 g/mol. The topological polar surface area (TPSA) is 59.0 Å². The fourth-order valence-corrected chi connectivity index (χ4v) is 4.27. The number of para-hydroxylation sites is 2. The molecule has 2 heterocycles. The summed E-state index contributed by atoms with van der Waals surface area (Å²) in [5, 5.41) is 9.45. The van der Waals surface area contributed by atoms with E-state index in [9.17, 15) is 9.90 Å². The van der Waals surface area contributed by atoms with Crippen LogP contribution in [0, 0.1) is 11.3 Å². The van der Waals surface area contributed by atoms with Gasteiger partial charge in [0.2, 0.25) is 0 Å². The van der Waals surface area contributed by atoms with E-state index in [0.29, 0.717) is 6.61 Å². The Morgan fingerprint density at radius 3 is 2.38 bits per heavy atom. The number of carboxylic acid groups (broad SMARTS) is 1. The maximum absolute atomic E-state index is 11.5. The summed E-state index contributed by atoms with van der Waals surface area (Å²) in [5.41, 5.74) is 1.74.